The van der Waals surface area contributed by atoms with E-state index < -0.39 is 0 Å². The smallest absolute Gasteiger partial charge is 0.265 e. The van der Waals surface area contributed by atoms with E-state index in [0.717, 1.165) is 30.1 Å². The number of nitrogens with two attached hydrogens (primary N) is 1. The zero-order valence-corrected chi connectivity index (χ0v) is 9.80. The minimum absolute atomic E-state index is 0.0318. The van der Waals surface area contributed by atoms with E-state index >= 15 is 0 Å². The van der Waals surface area contributed by atoms with Crippen LogP contribution in [0.15, 0.2) is 0 Å². The van der Waals surface area contributed by atoms with Gasteiger partial charge in [-0.25, -0.2) is 0 Å². The lowest BCUT2D eigenvalue weighted by Gasteiger charge is -2.13. The molecular formula is C9H16N4OS. The number of hydrogen-bond donors (Lipinski definition) is 2. The molecule has 1 amide bonds. The molecule has 3 N–H and O–H groups in total. The van der Waals surface area contributed by atoms with Gasteiger partial charge in [-0.2, -0.15) is 0 Å². The largest absolute Gasteiger partial charge is 0.347 e. The number of hydrogen-bond acceptors (Lipinski definition) is 5. The summed E-state index contributed by atoms with van der Waals surface area (Å²) in [4.78, 5) is 12.4. The van der Waals surface area contributed by atoms with Crippen molar-refractivity contribution in [2.45, 2.75) is 32.7 Å². The maximum atomic E-state index is 11.8. The molecule has 0 aliphatic carbocycles. The molecule has 84 valence electrons. The van der Waals surface area contributed by atoms with Crippen LogP contribution in [0.4, 0.5) is 0 Å². The first-order chi connectivity index (χ1) is 7.22. The third-order valence-corrected chi connectivity index (χ3v) is 2.98. The summed E-state index contributed by atoms with van der Waals surface area (Å²) in [5.74, 6) is -0.112. The van der Waals surface area contributed by atoms with E-state index in [0.29, 0.717) is 11.4 Å². The van der Waals surface area contributed by atoms with Crippen LogP contribution >= 0.6 is 11.5 Å². The van der Waals surface area contributed by atoms with E-state index in [1.54, 1.807) is 0 Å². The maximum Gasteiger partial charge on any atom is 0.265 e. The van der Waals surface area contributed by atoms with Gasteiger partial charge in [0.05, 0.1) is 5.69 Å². The van der Waals surface area contributed by atoms with E-state index in [1.165, 1.54) is 0 Å². The van der Waals surface area contributed by atoms with Gasteiger partial charge in [-0.1, -0.05) is 18.3 Å². The van der Waals surface area contributed by atoms with Crippen LogP contribution in [0.25, 0.3) is 0 Å². The van der Waals surface area contributed by atoms with Gasteiger partial charge in [0.2, 0.25) is 0 Å². The van der Waals surface area contributed by atoms with Crippen LogP contribution in [0.1, 0.15) is 35.6 Å². The Labute approximate surface area is 93.2 Å². The van der Waals surface area contributed by atoms with Crippen molar-refractivity contribution in [1.29, 1.82) is 0 Å². The lowest BCUT2D eigenvalue weighted by molar-refractivity contribution is 0.0940. The number of rotatable bonds is 5. The van der Waals surface area contributed by atoms with Gasteiger partial charge in [-0.15, -0.1) is 5.10 Å². The second-order valence-electron chi connectivity index (χ2n) is 3.22. The molecule has 1 atom stereocenters. The van der Waals surface area contributed by atoms with Gasteiger partial charge in [0.25, 0.3) is 5.91 Å². The summed E-state index contributed by atoms with van der Waals surface area (Å²) < 4.78 is 3.77. The molecule has 1 aromatic heterocycles. The second-order valence-corrected chi connectivity index (χ2v) is 3.97. The molecule has 1 rings (SSSR count). The number of carbonyl (C=O) groups excluding carboxylic acids is 1. The van der Waals surface area contributed by atoms with Crippen LogP contribution < -0.4 is 11.1 Å². The van der Waals surface area contributed by atoms with Crippen molar-refractivity contribution in [3.8, 4) is 0 Å². The molecule has 0 bridgehead atoms. The molecule has 0 spiro atoms. The third kappa shape index (κ3) is 2.97. The summed E-state index contributed by atoms with van der Waals surface area (Å²) in [5, 5.41) is 6.75. The van der Waals surface area contributed by atoms with Gasteiger partial charge in [0, 0.05) is 12.6 Å². The standard InChI is InChI=1S/C9H16N4OS/c1-3-6(5-10)11-9(14)8-7(4-2)12-13-15-8/h6H,3-5,10H2,1-2H3,(H,11,14). The van der Waals surface area contributed by atoms with Crippen LogP contribution in [-0.2, 0) is 6.42 Å². The highest BCUT2D eigenvalue weighted by Gasteiger charge is 2.17. The summed E-state index contributed by atoms with van der Waals surface area (Å²) in [6.07, 6.45) is 1.55. The van der Waals surface area contributed by atoms with Crippen molar-refractivity contribution in [2.24, 2.45) is 5.73 Å². The average molecular weight is 228 g/mol. The van der Waals surface area contributed by atoms with Gasteiger partial charge >= 0.3 is 0 Å². The third-order valence-electron chi connectivity index (χ3n) is 2.21. The normalized spacial score (nSPS) is 12.5. The number of nitrogens with one attached hydrogen (secondary N) is 1. The summed E-state index contributed by atoms with van der Waals surface area (Å²) >= 11 is 1.13. The number of carbonyl (C=O) groups is 1. The van der Waals surface area contributed by atoms with Crippen molar-refractivity contribution in [3.05, 3.63) is 10.6 Å². The summed E-state index contributed by atoms with van der Waals surface area (Å²) in [7, 11) is 0. The number of nitrogens with zero attached hydrogens (tertiary/aromatic N) is 2. The quantitative estimate of drug-likeness (QED) is 0.772. The topological polar surface area (TPSA) is 80.9 Å². The van der Waals surface area contributed by atoms with E-state index in [9.17, 15) is 4.79 Å². The molecule has 5 nitrogen and oxygen atoms in total. The lowest BCUT2D eigenvalue weighted by Crippen LogP contribution is -2.39. The van der Waals surface area contributed by atoms with Crippen LogP contribution in [0.2, 0.25) is 0 Å². The molecule has 0 aromatic carbocycles. The van der Waals surface area contributed by atoms with E-state index in [-0.39, 0.29) is 11.9 Å². The first kappa shape index (κ1) is 12.1. The predicted octanol–water partition coefficient (Wildman–Crippen LogP) is 0.568. The van der Waals surface area contributed by atoms with Gasteiger partial charge in [-0.05, 0) is 24.4 Å². The first-order valence-corrected chi connectivity index (χ1v) is 5.82. The molecule has 0 aliphatic heterocycles. The Bertz CT molecular complexity index is 322. The predicted molar refractivity (Wildman–Crippen MR) is 59.9 cm³/mol. The average Bonchev–Trinajstić information content (AvgIpc) is 2.73. The second kappa shape index (κ2) is 5.77. The van der Waals surface area contributed by atoms with Gasteiger partial charge in [0.1, 0.15) is 4.88 Å². The fourth-order valence-corrected chi connectivity index (χ4v) is 1.84. The van der Waals surface area contributed by atoms with Crippen molar-refractivity contribution >= 4 is 17.4 Å². The van der Waals surface area contributed by atoms with Crippen molar-refractivity contribution in [3.63, 3.8) is 0 Å². The Morgan fingerprint density at radius 3 is 2.87 bits per heavy atom. The lowest BCUT2D eigenvalue weighted by atomic mass is 10.2. The SMILES string of the molecule is CCc1nnsc1C(=O)NC(CC)CN. The zero-order chi connectivity index (χ0) is 11.3. The molecule has 0 fully saturated rings. The Morgan fingerprint density at radius 1 is 1.60 bits per heavy atom. The zero-order valence-electron chi connectivity index (χ0n) is 8.99. The van der Waals surface area contributed by atoms with Crippen LogP contribution in [0.3, 0.4) is 0 Å². The van der Waals surface area contributed by atoms with Gasteiger partial charge < -0.3 is 11.1 Å². The number of aromatic nitrogens is 2. The van der Waals surface area contributed by atoms with Crippen LogP contribution in [-0.4, -0.2) is 28.1 Å². The van der Waals surface area contributed by atoms with E-state index in [4.69, 9.17) is 5.73 Å². The Morgan fingerprint density at radius 2 is 2.33 bits per heavy atom. The number of aryl methyl sites for hydroxylation is 1. The molecule has 15 heavy (non-hydrogen) atoms. The van der Waals surface area contributed by atoms with Crippen LogP contribution in [0.5, 0.6) is 0 Å². The Balaban J connectivity index is 2.68. The summed E-state index contributed by atoms with van der Waals surface area (Å²) in [5.41, 5.74) is 6.27. The first-order valence-electron chi connectivity index (χ1n) is 5.05. The van der Waals surface area contributed by atoms with E-state index in [1.807, 2.05) is 13.8 Å². The molecule has 0 aliphatic rings. The monoisotopic (exact) mass is 228 g/mol. The van der Waals surface area contributed by atoms with Crippen molar-refractivity contribution < 1.29 is 4.79 Å². The van der Waals surface area contributed by atoms with Crippen LogP contribution in [0, 0.1) is 0 Å². The fourth-order valence-electron chi connectivity index (χ4n) is 1.19. The fraction of sp³-hybridized carbons (Fsp3) is 0.667. The minimum Gasteiger partial charge on any atom is -0.347 e. The molecule has 0 radical (unpaired) electrons. The van der Waals surface area contributed by atoms with Crippen molar-refractivity contribution in [2.75, 3.05) is 6.54 Å². The summed E-state index contributed by atoms with van der Waals surface area (Å²) in [6, 6.07) is 0.0318. The van der Waals surface area contributed by atoms with Gasteiger partial charge in [-0.3, -0.25) is 4.79 Å². The molecule has 0 saturated carbocycles. The highest BCUT2D eigenvalue weighted by Crippen LogP contribution is 2.11. The maximum absolute atomic E-state index is 11.8. The molecular weight excluding hydrogens is 212 g/mol. The molecule has 6 heteroatoms. The van der Waals surface area contributed by atoms with Crippen molar-refractivity contribution in [1.82, 2.24) is 14.9 Å². The van der Waals surface area contributed by atoms with Gasteiger partial charge in [0.15, 0.2) is 0 Å². The Hall–Kier alpha value is -1.01. The molecule has 1 aromatic rings. The summed E-state index contributed by atoms with van der Waals surface area (Å²) in [6.45, 7) is 4.40. The minimum atomic E-state index is -0.112. The highest BCUT2D eigenvalue weighted by atomic mass is 32.1. The molecule has 1 unspecified atom stereocenters. The number of amides is 1. The molecule has 1 heterocycles. The molecule has 0 saturated heterocycles. The van der Waals surface area contributed by atoms with E-state index in [2.05, 4.69) is 14.9 Å². The Kier molecular flexibility index (Phi) is 4.64. The highest BCUT2D eigenvalue weighted by molar-refractivity contribution is 7.08.